The highest BCUT2D eigenvalue weighted by Crippen LogP contribution is 2.61. The van der Waals surface area contributed by atoms with Crippen LogP contribution in [0.2, 0.25) is 0 Å². The number of nitrogens with zero attached hydrogens (tertiary/aromatic N) is 1. The predicted octanol–water partition coefficient (Wildman–Crippen LogP) is 5.55. The Morgan fingerprint density at radius 3 is 1.59 bits per heavy atom. The number of nitrogens with one attached hydrogen (secondary N) is 1. The minimum atomic E-state index is -0.852. The van der Waals surface area contributed by atoms with Crippen LogP contribution in [0.15, 0.2) is 66.7 Å². The molecule has 1 saturated heterocycles. The second-order valence-corrected chi connectivity index (χ2v) is 11.2. The molecule has 4 aliphatic rings. The van der Waals surface area contributed by atoms with E-state index in [1.807, 2.05) is 70.2 Å². The van der Waals surface area contributed by atoms with Gasteiger partial charge < -0.3 is 5.32 Å². The largest absolute Gasteiger partial charge is 0.324 e. The van der Waals surface area contributed by atoms with Crippen LogP contribution < -0.4 is 5.32 Å². The maximum Gasteiger partial charge on any atom is 0.247 e. The minimum Gasteiger partial charge on any atom is -0.324 e. The zero-order chi connectivity index (χ0) is 26.0. The lowest BCUT2D eigenvalue weighted by atomic mass is 9.55. The summed E-state index contributed by atoms with van der Waals surface area (Å²) in [5, 5.41) is 3.07. The van der Waals surface area contributed by atoms with Crippen LogP contribution in [0.4, 0.5) is 5.69 Å². The fraction of sp³-hybridized carbons (Fsp3) is 0.344. The van der Waals surface area contributed by atoms with E-state index in [0.29, 0.717) is 6.42 Å². The zero-order valence-corrected chi connectivity index (χ0v) is 21.7. The second-order valence-electron chi connectivity index (χ2n) is 11.2. The number of para-hydroxylation sites is 1. The van der Waals surface area contributed by atoms with Gasteiger partial charge >= 0.3 is 0 Å². The standard InChI is InChI=1S/C32H32N2O3/c1-17(2)16-24(30(35)33-29-18(3)10-9-11-19(29)4)34-31(36)27-25-20-12-5-6-13-21(20)26(28(27)32(34)37)23-15-8-7-14-22(23)25/h5-15,17,24-28H,16H2,1-4H3,(H,33,35)/t24-,25?,26?,27-,28+/m0/s1. The molecule has 1 aliphatic heterocycles. The number of carbonyl (C=O) groups excluding carboxylic acids is 3. The smallest absolute Gasteiger partial charge is 0.247 e. The number of hydrogen-bond donors (Lipinski definition) is 1. The van der Waals surface area contributed by atoms with Crippen molar-refractivity contribution < 1.29 is 14.4 Å². The first-order valence-electron chi connectivity index (χ1n) is 13.2. The van der Waals surface area contributed by atoms with Crippen molar-refractivity contribution in [2.75, 3.05) is 5.32 Å². The summed E-state index contributed by atoms with van der Waals surface area (Å²) in [6.45, 7) is 7.94. The van der Waals surface area contributed by atoms with Crippen molar-refractivity contribution in [2.45, 2.75) is 52.0 Å². The Hall–Kier alpha value is -3.73. The Morgan fingerprint density at radius 2 is 1.19 bits per heavy atom. The summed E-state index contributed by atoms with van der Waals surface area (Å²) in [5.41, 5.74) is 7.19. The summed E-state index contributed by atoms with van der Waals surface area (Å²) in [6.07, 6.45) is 0.420. The Bertz CT molecular complexity index is 1310. The Morgan fingerprint density at radius 1 is 0.757 bits per heavy atom. The van der Waals surface area contributed by atoms with E-state index in [1.165, 1.54) is 4.90 Å². The average molecular weight is 493 g/mol. The van der Waals surface area contributed by atoms with Crippen molar-refractivity contribution in [3.05, 3.63) is 100 Å². The maximum atomic E-state index is 14.2. The fourth-order valence-electron chi connectivity index (χ4n) is 7.00. The van der Waals surface area contributed by atoms with Crippen molar-refractivity contribution in [3.63, 3.8) is 0 Å². The van der Waals surface area contributed by atoms with Gasteiger partial charge in [0.2, 0.25) is 17.7 Å². The number of hydrogen-bond acceptors (Lipinski definition) is 3. The van der Waals surface area contributed by atoms with Crippen molar-refractivity contribution in [3.8, 4) is 0 Å². The van der Waals surface area contributed by atoms with Gasteiger partial charge in [-0.2, -0.15) is 0 Å². The molecule has 5 heteroatoms. The molecule has 188 valence electrons. The fourth-order valence-corrected chi connectivity index (χ4v) is 7.00. The third-order valence-electron chi connectivity index (χ3n) is 8.52. The molecule has 0 aromatic heterocycles. The first-order chi connectivity index (χ1) is 17.8. The van der Waals surface area contributed by atoms with E-state index in [4.69, 9.17) is 0 Å². The summed E-state index contributed by atoms with van der Waals surface area (Å²) in [4.78, 5) is 43.5. The lowest BCUT2D eigenvalue weighted by Gasteiger charge is -2.45. The average Bonchev–Trinajstić information content (AvgIpc) is 3.15. The highest BCUT2D eigenvalue weighted by molar-refractivity contribution is 6.12. The summed E-state index contributed by atoms with van der Waals surface area (Å²) in [7, 11) is 0. The molecule has 0 unspecified atom stereocenters. The molecular weight excluding hydrogens is 460 g/mol. The lowest BCUT2D eigenvalue weighted by Crippen LogP contribution is -2.48. The van der Waals surface area contributed by atoms with E-state index < -0.39 is 17.9 Å². The van der Waals surface area contributed by atoms with Gasteiger partial charge in [-0.15, -0.1) is 0 Å². The van der Waals surface area contributed by atoms with E-state index >= 15 is 0 Å². The van der Waals surface area contributed by atoms with Crippen molar-refractivity contribution >= 4 is 23.4 Å². The monoisotopic (exact) mass is 492 g/mol. The number of amides is 3. The lowest BCUT2D eigenvalue weighted by molar-refractivity contribution is -0.147. The molecule has 0 spiro atoms. The zero-order valence-electron chi connectivity index (χ0n) is 21.7. The Kier molecular flexibility index (Phi) is 5.55. The summed E-state index contributed by atoms with van der Waals surface area (Å²) < 4.78 is 0. The molecule has 1 fully saturated rings. The molecule has 3 aliphatic carbocycles. The van der Waals surface area contributed by atoms with E-state index in [2.05, 4.69) is 29.6 Å². The highest BCUT2D eigenvalue weighted by Gasteiger charge is 2.63. The molecule has 5 nitrogen and oxygen atoms in total. The van der Waals surface area contributed by atoms with Gasteiger partial charge in [0.15, 0.2) is 0 Å². The molecule has 3 atom stereocenters. The first kappa shape index (κ1) is 23.7. The maximum absolute atomic E-state index is 14.2. The summed E-state index contributed by atoms with van der Waals surface area (Å²) in [6, 6.07) is 21.4. The van der Waals surface area contributed by atoms with Gasteiger partial charge in [0.25, 0.3) is 0 Å². The number of carbonyl (C=O) groups is 3. The first-order valence-corrected chi connectivity index (χ1v) is 13.2. The molecule has 3 amide bonds. The van der Waals surface area contributed by atoms with E-state index in [0.717, 1.165) is 39.1 Å². The third kappa shape index (κ3) is 3.47. The summed E-state index contributed by atoms with van der Waals surface area (Å²) in [5.74, 6) is -1.91. The van der Waals surface area contributed by atoms with Crippen LogP contribution in [-0.4, -0.2) is 28.7 Å². The SMILES string of the molecule is Cc1cccc(C)c1NC(=O)[C@H](CC(C)C)N1C(=O)[C@@H]2C3c4ccccc4C(c4ccccc43)[C@@H]2C1=O. The Labute approximate surface area is 217 Å². The van der Waals surface area contributed by atoms with Gasteiger partial charge in [-0.1, -0.05) is 80.6 Å². The van der Waals surface area contributed by atoms with Crippen molar-refractivity contribution in [2.24, 2.45) is 17.8 Å². The van der Waals surface area contributed by atoms with E-state index in [1.54, 1.807) is 0 Å². The molecule has 0 radical (unpaired) electrons. The van der Waals surface area contributed by atoms with Crippen LogP contribution in [0.1, 0.15) is 65.5 Å². The van der Waals surface area contributed by atoms with Gasteiger partial charge in [0.1, 0.15) is 6.04 Å². The van der Waals surface area contributed by atoms with Gasteiger partial charge in [-0.3, -0.25) is 19.3 Å². The van der Waals surface area contributed by atoms with Gasteiger partial charge in [-0.25, -0.2) is 0 Å². The van der Waals surface area contributed by atoms with Crippen LogP contribution in [0.5, 0.6) is 0 Å². The van der Waals surface area contributed by atoms with Gasteiger partial charge in [0.05, 0.1) is 11.8 Å². The molecule has 2 bridgehead atoms. The second kappa shape index (κ2) is 8.69. The van der Waals surface area contributed by atoms with Crippen LogP contribution in [0.25, 0.3) is 0 Å². The Balaban J connectivity index is 1.42. The molecule has 1 heterocycles. The van der Waals surface area contributed by atoms with Crippen LogP contribution in [0.3, 0.4) is 0 Å². The molecule has 7 rings (SSSR count). The van der Waals surface area contributed by atoms with Gasteiger partial charge in [0, 0.05) is 17.5 Å². The number of benzene rings is 3. The van der Waals surface area contributed by atoms with Gasteiger partial charge in [-0.05, 0) is 59.6 Å². The minimum absolute atomic E-state index is 0.128. The molecule has 3 aromatic rings. The number of anilines is 1. The number of likely N-dealkylation sites (tertiary alicyclic amines) is 1. The van der Waals surface area contributed by atoms with E-state index in [9.17, 15) is 14.4 Å². The molecule has 3 aromatic carbocycles. The van der Waals surface area contributed by atoms with E-state index in [-0.39, 0.29) is 35.5 Å². The quantitative estimate of drug-likeness (QED) is 0.475. The molecular formula is C32H32N2O3. The topological polar surface area (TPSA) is 66.5 Å². The number of aryl methyl sites for hydroxylation is 2. The number of rotatable bonds is 5. The normalized spacial score (nSPS) is 24.1. The predicted molar refractivity (Wildman–Crippen MR) is 143 cm³/mol. The van der Waals surface area contributed by atoms with Crippen molar-refractivity contribution in [1.29, 1.82) is 0 Å². The van der Waals surface area contributed by atoms with Crippen LogP contribution in [0, 0.1) is 31.6 Å². The van der Waals surface area contributed by atoms with Crippen LogP contribution in [-0.2, 0) is 14.4 Å². The highest BCUT2D eigenvalue weighted by atomic mass is 16.2. The summed E-state index contributed by atoms with van der Waals surface area (Å²) >= 11 is 0. The molecule has 1 N–H and O–H groups in total. The van der Waals surface area contributed by atoms with Crippen LogP contribution >= 0.6 is 0 Å². The molecule has 37 heavy (non-hydrogen) atoms. The third-order valence-corrected chi connectivity index (χ3v) is 8.52. The number of imide groups is 1. The van der Waals surface area contributed by atoms with Crippen molar-refractivity contribution in [1.82, 2.24) is 4.90 Å². The molecule has 0 saturated carbocycles.